The summed E-state index contributed by atoms with van der Waals surface area (Å²) in [6.07, 6.45) is 1.95. The third-order valence-electron chi connectivity index (χ3n) is 3.46. The van der Waals surface area contributed by atoms with E-state index in [1.807, 2.05) is 36.2 Å². The SMILES string of the molecule is CN(CCC#N)c1ccc(/C=N\NC(=O)Cc2cc(=O)[nH]c(=S)[nH]2)cc1. The van der Waals surface area contributed by atoms with Gasteiger partial charge in [-0.2, -0.15) is 10.4 Å². The Morgan fingerprint density at radius 3 is 2.77 bits per heavy atom. The Morgan fingerprint density at radius 2 is 2.12 bits per heavy atom. The normalized spacial score (nSPS) is 10.5. The van der Waals surface area contributed by atoms with Gasteiger partial charge in [-0.1, -0.05) is 12.1 Å². The lowest BCUT2D eigenvalue weighted by molar-refractivity contribution is -0.120. The first-order chi connectivity index (χ1) is 12.5. The zero-order valence-electron chi connectivity index (χ0n) is 14.2. The molecule has 0 aliphatic carbocycles. The highest BCUT2D eigenvalue weighted by Gasteiger charge is 2.04. The summed E-state index contributed by atoms with van der Waals surface area (Å²) in [5.74, 6) is -0.370. The zero-order chi connectivity index (χ0) is 18.9. The highest BCUT2D eigenvalue weighted by Crippen LogP contribution is 2.13. The third kappa shape index (κ3) is 5.99. The van der Waals surface area contributed by atoms with Crippen LogP contribution in [-0.4, -0.2) is 35.7 Å². The van der Waals surface area contributed by atoms with E-state index in [0.29, 0.717) is 18.7 Å². The number of H-pyrrole nitrogens is 2. The molecule has 9 heteroatoms. The Bertz CT molecular complexity index is 911. The van der Waals surface area contributed by atoms with E-state index < -0.39 is 0 Å². The number of benzene rings is 1. The minimum atomic E-state index is -0.370. The molecule has 1 aromatic heterocycles. The molecule has 8 nitrogen and oxygen atoms in total. The van der Waals surface area contributed by atoms with Crippen LogP contribution in [0.5, 0.6) is 0 Å². The fraction of sp³-hybridized carbons (Fsp3) is 0.235. The largest absolute Gasteiger partial charge is 0.374 e. The molecule has 3 N–H and O–H groups in total. The first-order valence-electron chi connectivity index (χ1n) is 7.80. The molecule has 0 saturated carbocycles. The van der Waals surface area contributed by atoms with Gasteiger partial charge in [-0.15, -0.1) is 0 Å². The predicted molar refractivity (Wildman–Crippen MR) is 102 cm³/mol. The molecular weight excluding hydrogens is 352 g/mol. The van der Waals surface area contributed by atoms with E-state index in [1.54, 1.807) is 0 Å². The van der Waals surface area contributed by atoms with Gasteiger partial charge in [0.05, 0.1) is 25.1 Å². The number of amides is 1. The molecule has 0 aliphatic heterocycles. The Hall–Kier alpha value is -3.25. The Balaban J connectivity index is 1.89. The maximum Gasteiger partial charge on any atom is 0.251 e. The van der Waals surface area contributed by atoms with Crippen LogP contribution in [0.3, 0.4) is 0 Å². The number of aromatic nitrogens is 2. The van der Waals surface area contributed by atoms with Crippen molar-refractivity contribution < 1.29 is 4.79 Å². The predicted octanol–water partition coefficient (Wildman–Crippen LogP) is 1.48. The maximum atomic E-state index is 11.8. The number of rotatable bonds is 7. The molecule has 0 spiro atoms. The molecule has 0 radical (unpaired) electrons. The molecule has 0 atom stereocenters. The van der Waals surface area contributed by atoms with Gasteiger partial charge in [0.1, 0.15) is 0 Å². The zero-order valence-corrected chi connectivity index (χ0v) is 15.0. The molecule has 0 fully saturated rings. The first kappa shape index (κ1) is 19.1. The molecule has 1 heterocycles. The summed E-state index contributed by atoms with van der Waals surface area (Å²) in [5.41, 5.74) is 4.26. The van der Waals surface area contributed by atoms with Crippen molar-refractivity contribution in [1.29, 1.82) is 5.26 Å². The van der Waals surface area contributed by atoms with E-state index in [4.69, 9.17) is 17.5 Å². The monoisotopic (exact) mass is 370 g/mol. The van der Waals surface area contributed by atoms with Crippen LogP contribution in [-0.2, 0) is 11.2 Å². The van der Waals surface area contributed by atoms with Gasteiger partial charge < -0.3 is 9.88 Å². The second-order valence-electron chi connectivity index (χ2n) is 5.50. The van der Waals surface area contributed by atoms with Crippen LogP contribution in [0.1, 0.15) is 17.7 Å². The molecule has 2 aromatic rings. The second kappa shape index (κ2) is 9.29. The van der Waals surface area contributed by atoms with E-state index in [2.05, 4.69) is 26.6 Å². The van der Waals surface area contributed by atoms with Crippen LogP contribution in [0.4, 0.5) is 5.69 Å². The topological polar surface area (TPSA) is 117 Å². The molecule has 0 unspecified atom stereocenters. The van der Waals surface area contributed by atoms with Crippen molar-refractivity contribution in [1.82, 2.24) is 15.4 Å². The molecule has 26 heavy (non-hydrogen) atoms. The minimum absolute atomic E-state index is 0.0342. The van der Waals surface area contributed by atoms with E-state index >= 15 is 0 Å². The first-order valence-corrected chi connectivity index (χ1v) is 8.21. The number of carbonyl (C=O) groups is 1. The molecule has 0 bridgehead atoms. The maximum absolute atomic E-state index is 11.8. The van der Waals surface area contributed by atoms with Crippen LogP contribution in [0.25, 0.3) is 0 Å². The number of carbonyl (C=O) groups excluding carboxylic acids is 1. The van der Waals surface area contributed by atoms with Crippen LogP contribution in [0.15, 0.2) is 40.2 Å². The number of nitrogens with zero attached hydrogens (tertiary/aromatic N) is 3. The molecule has 1 amide bonds. The van der Waals surface area contributed by atoms with E-state index in [0.717, 1.165) is 11.3 Å². The fourth-order valence-electron chi connectivity index (χ4n) is 2.17. The molecule has 1 aromatic carbocycles. The summed E-state index contributed by atoms with van der Waals surface area (Å²) in [5, 5.41) is 12.5. The number of hydrogen-bond donors (Lipinski definition) is 3. The van der Waals surface area contributed by atoms with Crippen molar-refractivity contribution in [2.45, 2.75) is 12.8 Å². The number of hydrogen-bond acceptors (Lipinski definition) is 6. The van der Waals surface area contributed by atoms with Gasteiger partial charge in [0.2, 0.25) is 5.91 Å². The van der Waals surface area contributed by atoms with E-state index in [1.165, 1.54) is 12.3 Å². The van der Waals surface area contributed by atoms with E-state index in [-0.39, 0.29) is 22.7 Å². The van der Waals surface area contributed by atoms with Crippen molar-refractivity contribution in [2.75, 3.05) is 18.5 Å². The molecule has 2 rings (SSSR count). The van der Waals surface area contributed by atoms with Crippen LogP contribution in [0, 0.1) is 16.1 Å². The summed E-state index contributed by atoms with van der Waals surface area (Å²) in [7, 11) is 1.92. The second-order valence-corrected chi connectivity index (χ2v) is 5.91. The standard InChI is InChI=1S/C17H18N6O2S/c1-23(8-2-7-18)14-5-3-12(4-6-14)11-19-22-16(25)10-13-9-15(24)21-17(26)20-13/h3-6,9,11H,2,8,10H2,1H3,(H,22,25)(H2,20,21,24,26)/b19-11-. The lowest BCUT2D eigenvalue weighted by Gasteiger charge is -2.17. The quantitative estimate of drug-likeness (QED) is 0.388. The van der Waals surface area contributed by atoms with Gasteiger partial charge in [0.15, 0.2) is 4.77 Å². The van der Waals surface area contributed by atoms with E-state index in [9.17, 15) is 9.59 Å². The number of nitriles is 1. The molecule has 0 aliphatic rings. The van der Waals surface area contributed by atoms with Gasteiger partial charge in [0.25, 0.3) is 5.56 Å². The molecule has 134 valence electrons. The van der Waals surface area contributed by atoms with Crippen LogP contribution in [0.2, 0.25) is 0 Å². The van der Waals surface area contributed by atoms with Gasteiger partial charge >= 0.3 is 0 Å². The average molecular weight is 370 g/mol. The number of hydrazone groups is 1. The lowest BCUT2D eigenvalue weighted by Crippen LogP contribution is -2.21. The summed E-state index contributed by atoms with van der Waals surface area (Å²) in [6, 6.07) is 10.9. The summed E-state index contributed by atoms with van der Waals surface area (Å²) in [6.45, 7) is 0.658. The van der Waals surface area contributed by atoms with Gasteiger partial charge in [0, 0.05) is 31.0 Å². The van der Waals surface area contributed by atoms with Crippen molar-refractivity contribution in [3.8, 4) is 6.07 Å². The summed E-state index contributed by atoms with van der Waals surface area (Å²) in [4.78, 5) is 30.3. The summed E-state index contributed by atoms with van der Waals surface area (Å²) < 4.78 is 0.170. The number of aromatic amines is 2. The lowest BCUT2D eigenvalue weighted by atomic mass is 10.2. The van der Waals surface area contributed by atoms with Crippen LogP contribution < -0.4 is 15.9 Å². The number of nitrogens with one attached hydrogen (secondary N) is 3. The van der Waals surface area contributed by atoms with Gasteiger partial charge in [-0.05, 0) is 29.9 Å². The molecular formula is C17H18N6O2S. The third-order valence-corrected chi connectivity index (χ3v) is 3.67. The summed E-state index contributed by atoms with van der Waals surface area (Å²) >= 11 is 4.85. The highest BCUT2D eigenvalue weighted by atomic mass is 32.1. The fourth-order valence-corrected chi connectivity index (χ4v) is 2.40. The van der Waals surface area contributed by atoms with Crippen molar-refractivity contribution in [2.24, 2.45) is 5.10 Å². The van der Waals surface area contributed by atoms with Crippen molar-refractivity contribution in [3.05, 3.63) is 56.7 Å². The number of anilines is 1. The van der Waals surface area contributed by atoms with Gasteiger partial charge in [-0.25, -0.2) is 5.43 Å². The molecule has 0 saturated heterocycles. The van der Waals surface area contributed by atoms with Crippen LogP contribution >= 0.6 is 12.2 Å². The Labute approximate surface area is 155 Å². The Kier molecular flexibility index (Phi) is 6.82. The Morgan fingerprint density at radius 1 is 1.38 bits per heavy atom. The smallest absolute Gasteiger partial charge is 0.251 e. The van der Waals surface area contributed by atoms with Gasteiger partial charge in [-0.3, -0.25) is 14.6 Å². The van der Waals surface area contributed by atoms with Crippen molar-refractivity contribution >= 4 is 30.0 Å². The highest BCUT2D eigenvalue weighted by molar-refractivity contribution is 7.71. The van der Waals surface area contributed by atoms with Crippen molar-refractivity contribution in [3.63, 3.8) is 0 Å². The minimum Gasteiger partial charge on any atom is -0.374 e. The average Bonchev–Trinajstić information content (AvgIpc) is 2.59.